The molecule has 5 rings (SSSR count). The normalized spacial score (nSPS) is 19.3. The average Bonchev–Trinajstić information content (AvgIpc) is 3.30. The van der Waals surface area contributed by atoms with Crippen molar-refractivity contribution >= 4 is 5.91 Å². The van der Waals surface area contributed by atoms with E-state index in [1.807, 2.05) is 35.2 Å². The van der Waals surface area contributed by atoms with Gasteiger partial charge in [0.1, 0.15) is 11.9 Å². The largest absolute Gasteiger partial charge is 0.348 e. The fraction of sp³-hybridized carbons (Fsp3) is 0.368. The summed E-state index contributed by atoms with van der Waals surface area (Å²) in [5, 5.41) is 12.1. The number of rotatable bonds is 2. The van der Waals surface area contributed by atoms with Gasteiger partial charge in [-0.05, 0) is 0 Å². The minimum absolute atomic E-state index is 0.0861. The first-order valence-electron chi connectivity index (χ1n) is 9.33. The molecule has 4 heterocycles. The van der Waals surface area contributed by atoms with Crippen LogP contribution in [0.4, 0.5) is 0 Å². The first-order valence-corrected chi connectivity index (χ1v) is 9.33. The Hall–Kier alpha value is -3.00. The molecule has 8 nitrogen and oxygen atoms in total. The van der Waals surface area contributed by atoms with Crippen LogP contribution in [-0.4, -0.2) is 55.2 Å². The SMILES string of the molecule is O=C([C@@H]1NCCc2[nH]cnc21)N1CCc2nnc(-c3ccccc3)n2CC1. The molecule has 1 amide bonds. The van der Waals surface area contributed by atoms with Gasteiger partial charge in [0.05, 0.1) is 12.0 Å². The molecule has 138 valence electrons. The third kappa shape index (κ3) is 2.82. The van der Waals surface area contributed by atoms with Gasteiger partial charge >= 0.3 is 0 Å². The van der Waals surface area contributed by atoms with Crippen molar-refractivity contribution in [1.29, 1.82) is 0 Å². The van der Waals surface area contributed by atoms with E-state index in [1.54, 1.807) is 6.33 Å². The van der Waals surface area contributed by atoms with E-state index < -0.39 is 0 Å². The molecule has 2 N–H and O–H groups in total. The number of hydrogen-bond donors (Lipinski definition) is 2. The van der Waals surface area contributed by atoms with Crippen LogP contribution in [0.15, 0.2) is 36.7 Å². The zero-order valence-corrected chi connectivity index (χ0v) is 14.9. The molecule has 0 unspecified atom stereocenters. The highest BCUT2D eigenvalue weighted by atomic mass is 16.2. The summed E-state index contributed by atoms with van der Waals surface area (Å²) in [5.74, 6) is 1.88. The van der Waals surface area contributed by atoms with Crippen LogP contribution in [0.25, 0.3) is 11.4 Å². The van der Waals surface area contributed by atoms with E-state index in [0.717, 1.165) is 41.6 Å². The highest BCUT2D eigenvalue weighted by molar-refractivity contribution is 5.83. The van der Waals surface area contributed by atoms with Gasteiger partial charge in [-0.1, -0.05) is 30.3 Å². The Morgan fingerprint density at radius 3 is 2.85 bits per heavy atom. The lowest BCUT2D eigenvalue weighted by Crippen LogP contribution is -2.45. The molecule has 0 spiro atoms. The van der Waals surface area contributed by atoms with Gasteiger partial charge < -0.3 is 19.8 Å². The van der Waals surface area contributed by atoms with Crippen LogP contribution < -0.4 is 5.32 Å². The van der Waals surface area contributed by atoms with Crippen molar-refractivity contribution in [3.05, 3.63) is 53.9 Å². The van der Waals surface area contributed by atoms with Crippen LogP contribution in [0, 0.1) is 0 Å². The zero-order chi connectivity index (χ0) is 18.2. The number of H-pyrrole nitrogens is 1. The zero-order valence-electron chi connectivity index (χ0n) is 14.9. The van der Waals surface area contributed by atoms with Crippen molar-refractivity contribution in [3.63, 3.8) is 0 Å². The maximum absolute atomic E-state index is 13.2. The van der Waals surface area contributed by atoms with Gasteiger partial charge in [0.25, 0.3) is 0 Å². The maximum Gasteiger partial charge on any atom is 0.246 e. The quantitative estimate of drug-likeness (QED) is 0.707. The molecule has 0 radical (unpaired) electrons. The molecular weight excluding hydrogens is 342 g/mol. The van der Waals surface area contributed by atoms with Gasteiger partial charge in [0.15, 0.2) is 5.82 Å². The Balaban J connectivity index is 1.37. The highest BCUT2D eigenvalue weighted by Gasteiger charge is 2.33. The van der Waals surface area contributed by atoms with E-state index in [9.17, 15) is 4.79 Å². The number of nitrogens with one attached hydrogen (secondary N) is 2. The summed E-state index contributed by atoms with van der Waals surface area (Å²) in [5.41, 5.74) is 2.94. The number of carbonyl (C=O) groups is 1. The van der Waals surface area contributed by atoms with Crippen LogP contribution >= 0.6 is 0 Å². The monoisotopic (exact) mass is 363 g/mol. The Bertz CT molecular complexity index is 962. The molecule has 0 bridgehead atoms. The lowest BCUT2D eigenvalue weighted by atomic mass is 10.0. The van der Waals surface area contributed by atoms with Gasteiger partial charge in [0, 0.05) is 50.3 Å². The molecule has 27 heavy (non-hydrogen) atoms. The molecule has 0 saturated heterocycles. The van der Waals surface area contributed by atoms with Crippen molar-refractivity contribution in [2.45, 2.75) is 25.4 Å². The third-order valence-corrected chi connectivity index (χ3v) is 5.37. The molecule has 0 saturated carbocycles. The van der Waals surface area contributed by atoms with E-state index in [0.29, 0.717) is 26.1 Å². The summed E-state index contributed by atoms with van der Waals surface area (Å²) in [6.45, 7) is 2.76. The maximum atomic E-state index is 13.2. The van der Waals surface area contributed by atoms with Gasteiger partial charge in [-0.15, -0.1) is 10.2 Å². The number of hydrogen-bond acceptors (Lipinski definition) is 5. The number of carbonyl (C=O) groups excluding carboxylic acids is 1. The van der Waals surface area contributed by atoms with E-state index in [2.05, 4.69) is 30.0 Å². The van der Waals surface area contributed by atoms with E-state index in [1.165, 1.54) is 0 Å². The summed E-state index contributed by atoms with van der Waals surface area (Å²) < 4.78 is 2.14. The number of amides is 1. The Morgan fingerprint density at radius 1 is 1.07 bits per heavy atom. The van der Waals surface area contributed by atoms with Crippen molar-refractivity contribution in [1.82, 2.24) is 34.9 Å². The average molecular weight is 363 g/mol. The van der Waals surface area contributed by atoms with Crippen molar-refractivity contribution < 1.29 is 4.79 Å². The molecule has 0 fully saturated rings. The minimum Gasteiger partial charge on any atom is -0.348 e. The predicted octanol–water partition coefficient (Wildman–Crippen LogP) is 0.940. The number of aromatic amines is 1. The van der Waals surface area contributed by atoms with Gasteiger partial charge in [0.2, 0.25) is 5.91 Å². The lowest BCUT2D eigenvalue weighted by Gasteiger charge is -2.28. The second kappa shape index (κ2) is 6.62. The van der Waals surface area contributed by atoms with Crippen LogP contribution in [-0.2, 0) is 24.2 Å². The fourth-order valence-corrected chi connectivity index (χ4v) is 3.95. The van der Waals surface area contributed by atoms with Crippen LogP contribution in [0.2, 0.25) is 0 Å². The highest BCUT2D eigenvalue weighted by Crippen LogP contribution is 2.24. The van der Waals surface area contributed by atoms with Crippen LogP contribution in [0.3, 0.4) is 0 Å². The summed E-state index contributed by atoms with van der Waals surface area (Å²) in [4.78, 5) is 22.6. The lowest BCUT2D eigenvalue weighted by molar-refractivity contribution is -0.133. The summed E-state index contributed by atoms with van der Waals surface area (Å²) in [6, 6.07) is 9.70. The summed E-state index contributed by atoms with van der Waals surface area (Å²) in [7, 11) is 0. The Kier molecular flexibility index (Phi) is 3.97. The minimum atomic E-state index is -0.364. The molecule has 0 aliphatic carbocycles. The molecular formula is C19H21N7O. The number of fused-ring (bicyclic) bond motifs is 2. The van der Waals surface area contributed by atoms with Gasteiger partial charge in [-0.3, -0.25) is 4.79 Å². The Labute approximate surface area is 156 Å². The topological polar surface area (TPSA) is 91.7 Å². The second-order valence-electron chi connectivity index (χ2n) is 6.94. The third-order valence-electron chi connectivity index (χ3n) is 5.37. The van der Waals surface area contributed by atoms with Crippen LogP contribution in [0.1, 0.15) is 23.3 Å². The van der Waals surface area contributed by atoms with Crippen molar-refractivity contribution in [3.8, 4) is 11.4 Å². The standard InChI is InChI=1S/C19H21N7O/c27-19(17-16-14(6-8-20-17)21-12-22-16)25-9-7-15-23-24-18(26(15)11-10-25)13-4-2-1-3-5-13/h1-5,12,17,20H,6-11H2,(H,21,22)/t17-/m1/s1. The molecule has 8 heteroatoms. The predicted molar refractivity (Wildman–Crippen MR) is 98.8 cm³/mol. The molecule has 1 atom stereocenters. The van der Waals surface area contributed by atoms with Gasteiger partial charge in [-0.2, -0.15) is 0 Å². The van der Waals surface area contributed by atoms with E-state index in [4.69, 9.17) is 0 Å². The first-order chi connectivity index (χ1) is 13.3. The molecule has 2 aliphatic heterocycles. The van der Waals surface area contributed by atoms with Crippen molar-refractivity contribution in [2.24, 2.45) is 0 Å². The number of imidazole rings is 1. The number of nitrogens with zero attached hydrogens (tertiary/aromatic N) is 5. The van der Waals surface area contributed by atoms with Crippen LogP contribution in [0.5, 0.6) is 0 Å². The second-order valence-corrected chi connectivity index (χ2v) is 6.94. The first kappa shape index (κ1) is 16.2. The molecule has 2 aromatic heterocycles. The smallest absolute Gasteiger partial charge is 0.246 e. The van der Waals surface area contributed by atoms with Crippen molar-refractivity contribution in [2.75, 3.05) is 19.6 Å². The molecule has 2 aliphatic rings. The van der Waals surface area contributed by atoms with E-state index in [-0.39, 0.29) is 11.9 Å². The van der Waals surface area contributed by atoms with E-state index >= 15 is 0 Å². The number of aromatic nitrogens is 5. The number of benzene rings is 1. The Morgan fingerprint density at radius 2 is 1.96 bits per heavy atom. The molecule has 3 aromatic rings. The summed E-state index contributed by atoms with van der Waals surface area (Å²) in [6.07, 6.45) is 3.25. The molecule has 1 aromatic carbocycles. The summed E-state index contributed by atoms with van der Waals surface area (Å²) >= 11 is 0. The van der Waals surface area contributed by atoms with Gasteiger partial charge in [-0.25, -0.2) is 4.98 Å². The fourth-order valence-electron chi connectivity index (χ4n) is 3.95.